The van der Waals surface area contributed by atoms with Crippen molar-refractivity contribution in [2.24, 2.45) is 0 Å². The third-order valence-corrected chi connectivity index (χ3v) is 3.91. The Hall–Kier alpha value is -2.03. The van der Waals surface area contributed by atoms with Crippen LogP contribution in [0.3, 0.4) is 0 Å². The molecule has 3 heteroatoms. The molecule has 0 amide bonds. The number of methoxy groups -OCH3 is 1. The lowest BCUT2D eigenvalue weighted by molar-refractivity contribution is -0.114. The molecule has 0 fully saturated rings. The molecule has 0 radical (unpaired) electrons. The van der Waals surface area contributed by atoms with Gasteiger partial charge in [-0.15, -0.1) is 0 Å². The van der Waals surface area contributed by atoms with E-state index >= 15 is 0 Å². The van der Waals surface area contributed by atoms with E-state index in [-0.39, 0.29) is 11.5 Å². The van der Waals surface area contributed by atoms with Gasteiger partial charge in [0.1, 0.15) is 0 Å². The Balaban J connectivity index is 2.23. The minimum Gasteiger partial charge on any atom is -0.504 e. The third-order valence-electron chi connectivity index (χ3n) is 3.91. The molecule has 24 heavy (non-hydrogen) atoms. The van der Waals surface area contributed by atoms with Crippen molar-refractivity contribution >= 4 is 11.9 Å². The minimum absolute atomic E-state index is 0.110. The summed E-state index contributed by atoms with van der Waals surface area (Å²) in [5.74, 6) is 0.733. The van der Waals surface area contributed by atoms with Crippen LogP contribution in [0.25, 0.3) is 6.08 Å². The lowest BCUT2D eigenvalue weighted by Crippen LogP contribution is -1.92. The van der Waals surface area contributed by atoms with Crippen LogP contribution in [0.5, 0.6) is 11.5 Å². The number of phenols is 1. The van der Waals surface area contributed by atoms with Crippen LogP contribution in [-0.2, 0) is 4.79 Å². The molecule has 0 atom stereocenters. The molecular weight excluding hydrogens is 300 g/mol. The highest BCUT2D eigenvalue weighted by Gasteiger charge is 2.00. The molecule has 0 unspecified atom stereocenters. The molecule has 0 aliphatic carbocycles. The van der Waals surface area contributed by atoms with Crippen LogP contribution in [0.15, 0.2) is 36.4 Å². The number of hydrogen-bond donors (Lipinski definition) is 1. The molecule has 1 N–H and O–H groups in total. The number of hydrogen-bond acceptors (Lipinski definition) is 3. The van der Waals surface area contributed by atoms with Gasteiger partial charge in [0, 0.05) is 6.42 Å². The number of phenolic OH excluding ortho intramolecular Hbond substituents is 1. The predicted molar refractivity (Wildman–Crippen MR) is 100 cm³/mol. The summed E-state index contributed by atoms with van der Waals surface area (Å²) >= 11 is 0. The molecular formula is C21H30O3. The molecule has 0 bridgehead atoms. The highest BCUT2D eigenvalue weighted by atomic mass is 16.5. The largest absolute Gasteiger partial charge is 0.504 e. The van der Waals surface area contributed by atoms with Crippen molar-refractivity contribution in [3.8, 4) is 11.5 Å². The normalized spacial score (nSPS) is 11.4. The zero-order valence-corrected chi connectivity index (χ0v) is 15.0. The van der Waals surface area contributed by atoms with E-state index < -0.39 is 0 Å². The van der Waals surface area contributed by atoms with Gasteiger partial charge in [-0.2, -0.15) is 0 Å². The van der Waals surface area contributed by atoms with Gasteiger partial charge in [0.2, 0.25) is 0 Å². The van der Waals surface area contributed by atoms with Crippen LogP contribution in [-0.4, -0.2) is 18.0 Å². The first-order valence-corrected chi connectivity index (χ1v) is 8.92. The van der Waals surface area contributed by atoms with Crippen molar-refractivity contribution in [2.45, 2.75) is 58.3 Å². The number of carbonyl (C=O) groups excluding carboxylic acids is 1. The molecule has 0 heterocycles. The van der Waals surface area contributed by atoms with Crippen LogP contribution in [0.2, 0.25) is 0 Å². The van der Waals surface area contributed by atoms with Gasteiger partial charge in [-0.1, -0.05) is 69.7 Å². The Morgan fingerprint density at radius 1 is 1.08 bits per heavy atom. The standard InChI is InChI=1S/C21H30O3/c1-3-4-5-6-7-8-9-13-19(22)14-11-10-12-18-15-16-21(24-2)20(23)17-18/h10-12,14-17,23H,3-9,13H2,1-2H3. The van der Waals surface area contributed by atoms with Gasteiger partial charge in [0.15, 0.2) is 17.3 Å². The van der Waals surface area contributed by atoms with Gasteiger partial charge in [-0.3, -0.25) is 4.79 Å². The van der Waals surface area contributed by atoms with E-state index in [1.807, 2.05) is 18.2 Å². The average molecular weight is 330 g/mol. The predicted octanol–water partition coefficient (Wildman–Crippen LogP) is 5.68. The number of benzene rings is 1. The second kappa shape index (κ2) is 12.4. The van der Waals surface area contributed by atoms with Crippen LogP contribution >= 0.6 is 0 Å². The van der Waals surface area contributed by atoms with E-state index in [4.69, 9.17) is 4.74 Å². The fraction of sp³-hybridized carbons (Fsp3) is 0.476. The summed E-state index contributed by atoms with van der Waals surface area (Å²) in [4.78, 5) is 11.7. The van der Waals surface area contributed by atoms with Crippen molar-refractivity contribution in [3.63, 3.8) is 0 Å². The Morgan fingerprint density at radius 3 is 2.46 bits per heavy atom. The molecule has 0 aliphatic heterocycles. The summed E-state index contributed by atoms with van der Waals surface area (Å²) in [7, 11) is 1.52. The fourth-order valence-electron chi connectivity index (χ4n) is 2.48. The van der Waals surface area contributed by atoms with Gasteiger partial charge in [0.05, 0.1) is 7.11 Å². The SMILES string of the molecule is CCCCCCCCCC(=O)C=CC=Cc1ccc(OC)c(O)c1. The Bertz CT molecular complexity index is 544. The van der Waals surface area contributed by atoms with E-state index in [1.54, 1.807) is 24.3 Å². The second-order valence-electron chi connectivity index (χ2n) is 5.99. The lowest BCUT2D eigenvalue weighted by atomic mass is 10.1. The monoisotopic (exact) mass is 330 g/mol. The fourth-order valence-corrected chi connectivity index (χ4v) is 2.48. The van der Waals surface area contributed by atoms with Gasteiger partial charge >= 0.3 is 0 Å². The number of aromatic hydroxyl groups is 1. The molecule has 1 aromatic rings. The Labute approximate surface area is 146 Å². The van der Waals surface area contributed by atoms with Gasteiger partial charge in [-0.25, -0.2) is 0 Å². The summed E-state index contributed by atoms with van der Waals surface area (Å²) in [5, 5.41) is 9.69. The van der Waals surface area contributed by atoms with E-state index in [9.17, 15) is 9.90 Å². The number of ether oxygens (including phenoxy) is 1. The first kappa shape index (κ1) is 20.0. The molecule has 0 aliphatic rings. The smallest absolute Gasteiger partial charge is 0.160 e. The Morgan fingerprint density at radius 2 is 1.79 bits per heavy atom. The van der Waals surface area contributed by atoms with E-state index in [2.05, 4.69) is 6.92 Å². The van der Waals surface area contributed by atoms with Crippen molar-refractivity contribution in [1.82, 2.24) is 0 Å². The number of allylic oxidation sites excluding steroid dienone is 3. The topological polar surface area (TPSA) is 46.5 Å². The second-order valence-corrected chi connectivity index (χ2v) is 5.99. The molecule has 0 saturated heterocycles. The average Bonchev–Trinajstić information content (AvgIpc) is 2.58. The summed E-state index contributed by atoms with van der Waals surface area (Å²) in [5.41, 5.74) is 0.859. The highest BCUT2D eigenvalue weighted by molar-refractivity contribution is 5.89. The van der Waals surface area contributed by atoms with Gasteiger partial charge in [0.25, 0.3) is 0 Å². The summed E-state index contributed by atoms with van der Waals surface area (Å²) in [6.07, 6.45) is 16.2. The molecule has 0 aromatic heterocycles. The molecule has 1 aromatic carbocycles. The van der Waals surface area contributed by atoms with Crippen molar-refractivity contribution < 1.29 is 14.6 Å². The minimum atomic E-state index is 0.110. The first-order chi connectivity index (χ1) is 11.7. The molecule has 1 rings (SSSR count). The maximum atomic E-state index is 11.7. The van der Waals surface area contributed by atoms with Crippen LogP contribution in [0, 0.1) is 0 Å². The lowest BCUT2D eigenvalue weighted by Gasteiger charge is -2.02. The van der Waals surface area contributed by atoms with Gasteiger partial charge in [-0.05, 0) is 30.2 Å². The van der Waals surface area contributed by atoms with Crippen molar-refractivity contribution in [3.05, 3.63) is 42.0 Å². The van der Waals surface area contributed by atoms with Gasteiger partial charge < -0.3 is 9.84 Å². The number of carbonyl (C=O) groups is 1. The maximum absolute atomic E-state index is 11.7. The molecule has 132 valence electrons. The van der Waals surface area contributed by atoms with Crippen molar-refractivity contribution in [1.29, 1.82) is 0 Å². The quantitative estimate of drug-likeness (QED) is 0.305. The zero-order chi connectivity index (χ0) is 17.6. The third kappa shape index (κ3) is 8.56. The highest BCUT2D eigenvalue weighted by Crippen LogP contribution is 2.26. The maximum Gasteiger partial charge on any atom is 0.160 e. The van der Waals surface area contributed by atoms with Crippen LogP contribution < -0.4 is 4.74 Å². The number of unbranched alkanes of at least 4 members (excludes halogenated alkanes) is 6. The van der Waals surface area contributed by atoms with E-state index in [0.29, 0.717) is 12.2 Å². The molecule has 3 nitrogen and oxygen atoms in total. The first-order valence-electron chi connectivity index (χ1n) is 8.92. The van der Waals surface area contributed by atoms with Crippen LogP contribution in [0.1, 0.15) is 63.9 Å². The summed E-state index contributed by atoms with van der Waals surface area (Å²) in [6.45, 7) is 2.22. The van der Waals surface area contributed by atoms with E-state index in [1.165, 1.54) is 39.2 Å². The number of rotatable bonds is 12. The summed E-state index contributed by atoms with van der Waals surface area (Å²) < 4.78 is 5.00. The van der Waals surface area contributed by atoms with E-state index in [0.717, 1.165) is 18.4 Å². The van der Waals surface area contributed by atoms with Crippen LogP contribution in [0.4, 0.5) is 0 Å². The number of ketones is 1. The van der Waals surface area contributed by atoms with Crippen molar-refractivity contribution in [2.75, 3.05) is 7.11 Å². The molecule has 0 saturated carbocycles. The Kier molecular flexibility index (Phi) is 10.3. The zero-order valence-electron chi connectivity index (χ0n) is 15.0. The molecule has 0 spiro atoms. The summed E-state index contributed by atoms with van der Waals surface area (Å²) in [6, 6.07) is 5.19.